The molecule has 0 aromatic heterocycles. The summed E-state index contributed by atoms with van der Waals surface area (Å²) < 4.78 is 43.7. The summed E-state index contributed by atoms with van der Waals surface area (Å²) in [7, 11) is 4.65. The molecule has 0 heterocycles. The maximum atomic E-state index is 12.7. The summed E-state index contributed by atoms with van der Waals surface area (Å²) in [5.41, 5.74) is 0.953. The molecule has 0 saturated heterocycles. The van der Waals surface area contributed by atoms with Crippen molar-refractivity contribution >= 4 is 10.0 Å². The molecule has 8 heteroatoms. The van der Waals surface area contributed by atoms with Crippen LogP contribution in [0.3, 0.4) is 0 Å². The van der Waals surface area contributed by atoms with E-state index in [-0.39, 0.29) is 17.5 Å². The smallest absolute Gasteiger partial charge is 0.240 e. The molecule has 1 unspecified atom stereocenters. The van der Waals surface area contributed by atoms with Crippen LogP contribution in [0.15, 0.2) is 47.4 Å². The first kappa shape index (κ1) is 21.0. The van der Waals surface area contributed by atoms with Crippen molar-refractivity contribution in [3.05, 3.63) is 48.0 Å². The van der Waals surface area contributed by atoms with Gasteiger partial charge in [-0.25, -0.2) is 13.1 Å². The van der Waals surface area contributed by atoms with E-state index < -0.39 is 10.0 Å². The number of rotatable bonds is 9. The van der Waals surface area contributed by atoms with Crippen LogP contribution in [0.5, 0.6) is 17.2 Å². The molecule has 27 heavy (non-hydrogen) atoms. The first-order chi connectivity index (χ1) is 12.8. The standard InChI is InChI=1S/C19H26N2O5S/c1-21(2)17(14-7-6-8-15(11-14)24-3)13-20-27(22,23)16-9-10-18(25-4)19(12-16)26-5/h6-12,17,20H,13H2,1-5H3. The molecule has 0 aliphatic carbocycles. The molecule has 2 aromatic carbocycles. The molecule has 1 N–H and O–H groups in total. The third-order valence-corrected chi connectivity index (χ3v) is 5.66. The summed E-state index contributed by atoms with van der Waals surface area (Å²) in [5.74, 6) is 1.55. The van der Waals surface area contributed by atoms with Crippen molar-refractivity contribution in [3.63, 3.8) is 0 Å². The lowest BCUT2D eigenvalue weighted by Crippen LogP contribution is -2.34. The molecule has 148 valence electrons. The van der Waals surface area contributed by atoms with Crippen LogP contribution < -0.4 is 18.9 Å². The summed E-state index contributed by atoms with van der Waals surface area (Å²) in [4.78, 5) is 2.06. The van der Waals surface area contributed by atoms with Crippen molar-refractivity contribution in [2.75, 3.05) is 42.0 Å². The zero-order valence-corrected chi connectivity index (χ0v) is 17.0. The van der Waals surface area contributed by atoms with Gasteiger partial charge in [0.05, 0.1) is 26.2 Å². The minimum Gasteiger partial charge on any atom is -0.497 e. The fraction of sp³-hybridized carbons (Fsp3) is 0.368. The summed E-state index contributed by atoms with van der Waals surface area (Å²) in [6, 6.07) is 11.9. The van der Waals surface area contributed by atoms with Crippen LogP contribution in [-0.2, 0) is 10.0 Å². The van der Waals surface area contributed by atoms with E-state index in [4.69, 9.17) is 14.2 Å². The van der Waals surface area contributed by atoms with E-state index in [1.54, 1.807) is 13.2 Å². The van der Waals surface area contributed by atoms with Crippen LogP contribution in [0.25, 0.3) is 0 Å². The second kappa shape index (κ2) is 9.07. The molecule has 0 spiro atoms. The maximum absolute atomic E-state index is 12.7. The Morgan fingerprint density at radius 2 is 1.67 bits per heavy atom. The van der Waals surface area contributed by atoms with Crippen LogP contribution in [0.1, 0.15) is 11.6 Å². The first-order valence-corrected chi connectivity index (χ1v) is 9.82. The number of nitrogens with zero attached hydrogens (tertiary/aromatic N) is 1. The van der Waals surface area contributed by atoms with E-state index in [1.807, 2.05) is 43.3 Å². The molecule has 0 aliphatic heterocycles. The van der Waals surface area contributed by atoms with Gasteiger partial charge in [-0.05, 0) is 43.9 Å². The van der Waals surface area contributed by atoms with Gasteiger partial charge in [0.25, 0.3) is 0 Å². The molecule has 0 fully saturated rings. The van der Waals surface area contributed by atoms with Gasteiger partial charge in [0.15, 0.2) is 11.5 Å². The van der Waals surface area contributed by atoms with Gasteiger partial charge in [-0.2, -0.15) is 0 Å². The molecule has 7 nitrogen and oxygen atoms in total. The van der Waals surface area contributed by atoms with Crippen LogP contribution in [-0.4, -0.2) is 55.3 Å². The molecule has 0 bridgehead atoms. The molecule has 0 saturated carbocycles. The van der Waals surface area contributed by atoms with Crippen LogP contribution >= 0.6 is 0 Å². The number of hydrogen-bond donors (Lipinski definition) is 1. The van der Waals surface area contributed by atoms with Gasteiger partial charge < -0.3 is 19.1 Å². The van der Waals surface area contributed by atoms with Crippen molar-refractivity contribution in [2.45, 2.75) is 10.9 Å². The Balaban J connectivity index is 2.23. The lowest BCUT2D eigenvalue weighted by atomic mass is 10.1. The third kappa shape index (κ3) is 5.12. The predicted molar refractivity (Wildman–Crippen MR) is 104 cm³/mol. The van der Waals surface area contributed by atoms with Gasteiger partial charge in [-0.15, -0.1) is 0 Å². The topological polar surface area (TPSA) is 77.1 Å². The largest absolute Gasteiger partial charge is 0.497 e. The monoisotopic (exact) mass is 394 g/mol. The number of ether oxygens (including phenoxy) is 3. The number of methoxy groups -OCH3 is 3. The highest BCUT2D eigenvalue weighted by atomic mass is 32.2. The number of benzene rings is 2. The van der Waals surface area contributed by atoms with Gasteiger partial charge in [-0.1, -0.05) is 12.1 Å². The summed E-state index contributed by atoms with van der Waals surface area (Å²) in [6.07, 6.45) is 0. The fourth-order valence-corrected chi connectivity index (χ4v) is 3.76. The van der Waals surface area contributed by atoms with Crippen molar-refractivity contribution in [3.8, 4) is 17.2 Å². The molecule has 0 aliphatic rings. The van der Waals surface area contributed by atoms with E-state index >= 15 is 0 Å². The van der Waals surface area contributed by atoms with Crippen LogP contribution in [0, 0.1) is 0 Å². The lowest BCUT2D eigenvalue weighted by Gasteiger charge is -2.25. The normalized spacial score (nSPS) is 12.7. The Labute approximate surface area is 160 Å². The minimum atomic E-state index is -3.71. The average molecular weight is 394 g/mol. The minimum absolute atomic E-state index is 0.114. The number of hydrogen-bond acceptors (Lipinski definition) is 6. The van der Waals surface area contributed by atoms with Crippen molar-refractivity contribution in [2.24, 2.45) is 0 Å². The average Bonchev–Trinajstić information content (AvgIpc) is 2.67. The Hall–Kier alpha value is -2.29. The van der Waals surface area contributed by atoms with E-state index in [0.717, 1.165) is 11.3 Å². The molecular formula is C19H26N2O5S. The summed E-state index contributed by atoms with van der Waals surface area (Å²) in [5, 5.41) is 0. The second-order valence-electron chi connectivity index (χ2n) is 6.12. The number of nitrogens with one attached hydrogen (secondary N) is 1. The van der Waals surface area contributed by atoms with Gasteiger partial charge >= 0.3 is 0 Å². The quantitative estimate of drug-likeness (QED) is 0.703. The van der Waals surface area contributed by atoms with E-state index in [0.29, 0.717) is 11.5 Å². The van der Waals surface area contributed by atoms with Crippen LogP contribution in [0.2, 0.25) is 0 Å². The van der Waals surface area contributed by atoms with E-state index in [1.165, 1.54) is 26.4 Å². The van der Waals surface area contributed by atoms with Gasteiger partial charge in [-0.3, -0.25) is 0 Å². The lowest BCUT2D eigenvalue weighted by molar-refractivity contribution is 0.298. The highest BCUT2D eigenvalue weighted by molar-refractivity contribution is 7.89. The number of sulfonamides is 1. The Kier molecular flexibility index (Phi) is 7.06. The Bertz CT molecular complexity index is 868. The predicted octanol–water partition coefficient (Wildman–Crippen LogP) is 2.29. The summed E-state index contributed by atoms with van der Waals surface area (Å²) in [6.45, 7) is 0.205. The molecule has 0 radical (unpaired) electrons. The van der Waals surface area contributed by atoms with Crippen molar-refractivity contribution < 1.29 is 22.6 Å². The molecule has 2 aromatic rings. The summed E-state index contributed by atoms with van der Waals surface area (Å²) >= 11 is 0. The fourth-order valence-electron chi connectivity index (χ4n) is 2.70. The van der Waals surface area contributed by atoms with Gasteiger partial charge in [0.2, 0.25) is 10.0 Å². The molecule has 0 amide bonds. The molecule has 2 rings (SSSR count). The third-order valence-electron chi connectivity index (χ3n) is 4.23. The zero-order valence-electron chi connectivity index (χ0n) is 16.2. The van der Waals surface area contributed by atoms with Crippen molar-refractivity contribution in [1.29, 1.82) is 0 Å². The number of likely N-dealkylation sites (N-methyl/N-ethyl adjacent to an activating group) is 1. The molecule has 1 atom stereocenters. The highest BCUT2D eigenvalue weighted by Crippen LogP contribution is 2.29. The highest BCUT2D eigenvalue weighted by Gasteiger charge is 2.21. The maximum Gasteiger partial charge on any atom is 0.240 e. The van der Waals surface area contributed by atoms with Crippen molar-refractivity contribution in [1.82, 2.24) is 9.62 Å². The van der Waals surface area contributed by atoms with Gasteiger partial charge in [0, 0.05) is 18.7 Å². The SMILES string of the molecule is COc1cccc(C(CNS(=O)(=O)c2ccc(OC)c(OC)c2)N(C)C)c1. The van der Waals surface area contributed by atoms with Crippen LogP contribution in [0.4, 0.5) is 0 Å². The first-order valence-electron chi connectivity index (χ1n) is 8.34. The van der Waals surface area contributed by atoms with E-state index in [9.17, 15) is 8.42 Å². The Morgan fingerprint density at radius 1 is 0.963 bits per heavy atom. The van der Waals surface area contributed by atoms with E-state index in [2.05, 4.69) is 4.72 Å². The zero-order chi connectivity index (χ0) is 20.0. The molecular weight excluding hydrogens is 368 g/mol. The van der Waals surface area contributed by atoms with Gasteiger partial charge in [0.1, 0.15) is 5.75 Å². The Morgan fingerprint density at radius 3 is 2.26 bits per heavy atom. The second-order valence-corrected chi connectivity index (χ2v) is 7.89.